The zero-order valence-corrected chi connectivity index (χ0v) is 22.2. The summed E-state index contributed by atoms with van der Waals surface area (Å²) in [6.07, 6.45) is 4.90. The van der Waals surface area contributed by atoms with Crippen LogP contribution in [-0.4, -0.2) is 65.5 Å². The normalized spacial score (nSPS) is 23.7. The van der Waals surface area contributed by atoms with E-state index in [-0.39, 0.29) is 36.4 Å². The lowest BCUT2D eigenvalue weighted by Gasteiger charge is -2.32. The third-order valence-electron chi connectivity index (χ3n) is 8.98. The largest absolute Gasteiger partial charge is 0.395 e. The maximum absolute atomic E-state index is 13.3. The van der Waals surface area contributed by atoms with Crippen molar-refractivity contribution < 1.29 is 14.7 Å². The number of hydrogen-bond donors (Lipinski definition) is 2. The number of nitrogens with zero attached hydrogens (tertiary/aromatic N) is 2. The molecule has 2 heterocycles. The highest BCUT2D eigenvalue weighted by Gasteiger charge is 2.44. The average molecular weight is 504 g/mol. The Hall–Kier alpha value is -2.70. The molecule has 2 amide bonds. The minimum atomic E-state index is -0.117. The van der Waals surface area contributed by atoms with Gasteiger partial charge in [-0.25, -0.2) is 0 Å². The van der Waals surface area contributed by atoms with Crippen molar-refractivity contribution in [2.24, 2.45) is 17.8 Å². The summed E-state index contributed by atoms with van der Waals surface area (Å²) in [5.74, 6) is 1.26. The third-order valence-corrected chi connectivity index (χ3v) is 8.98. The molecular formula is C31H41N3O3. The van der Waals surface area contributed by atoms with Crippen molar-refractivity contribution in [2.75, 3.05) is 32.8 Å². The van der Waals surface area contributed by atoms with E-state index in [0.717, 1.165) is 74.1 Å². The first-order chi connectivity index (χ1) is 17.9. The highest BCUT2D eigenvalue weighted by atomic mass is 16.3. The van der Waals surface area contributed by atoms with Crippen molar-refractivity contribution in [3.8, 4) is 0 Å². The van der Waals surface area contributed by atoms with Crippen LogP contribution in [0, 0.1) is 31.6 Å². The van der Waals surface area contributed by atoms with E-state index in [1.165, 1.54) is 0 Å². The lowest BCUT2D eigenvalue weighted by atomic mass is 9.97. The summed E-state index contributed by atoms with van der Waals surface area (Å²) in [7, 11) is 0. The molecule has 37 heavy (non-hydrogen) atoms. The van der Waals surface area contributed by atoms with Crippen LogP contribution in [0.2, 0.25) is 0 Å². The zero-order chi connectivity index (χ0) is 25.9. The maximum atomic E-state index is 13.3. The van der Waals surface area contributed by atoms with E-state index in [4.69, 9.17) is 0 Å². The molecular weight excluding hydrogens is 462 g/mol. The van der Waals surface area contributed by atoms with Crippen LogP contribution in [0.25, 0.3) is 0 Å². The van der Waals surface area contributed by atoms with E-state index in [1.54, 1.807) is 0 Å². The van der Waals surface area contributed by atoms with Crippen molar-refractivity contribution in [1.82, 2.24) is 15.1 Å². The van der Waals surface area contributed by atoms with E-state index >= 15 is 0 Å². The van der Waals surface area contributed by atoms with E-state index in [0.29, 0.717) is 18.3 Å². The van der Waals surface area contributed by atoms with Gasteiger partial charge in [-0.1, -0.05) is 61.4 Å². The molecule has 4 atom stereocenters. The highest BCUT2D eigenvalue weighted by Crippen LogP contribution is 2.35. The van der Waals surface area contributed by atoms with Crippen molar-refractivity contribution in [2.45, 2.75) is 58.0 Å². The number of amides is 2. The molecule has 5 rings (SSSR count). The SMILES string of the molecule is Cc1cccc(C)c1C(=O)N1CC2CN([C@H](CO)CC(NC(=O)C3CCCC3)c3ccccc3)CC2C1. The molecule has 1 aliphatic carbocycles. The molecule has 3 fully saturated rings. The Labute approximate surface area is 221 Å². The van der Waals surface area contributed by atoms with Gasteiger partial charge in [0.1, 0.15) is 0 Å². The molecule has 6 nitrogen and oxygen atoms in total. The number of aryl methyl sites for hydroxylation is 2. The van der Waals surface area contributed by atoms with Gasteiger partial charge >= 0.3 is 0 Å². The van der Waals surface area contributed by atoms with E-state index in [2.05, 4.69) is 22.3 Å². The standard InChI is InChI=1S/C31H41N3O3/c1-21-9-8-10-22(2)29(21)31(37)34-18-25-16-33(17-26(25)19-34)27(20-35)15-28(23-11-4-3-5-12-23)32-30(36)24-13-6-7-14-24/h3-5,8-12,24-28,35H,6-7,13-20H2,1-2H3,(H,32,36)/t25?,26?,27-,28?/m0/s1. The molecule has 2 aliphatic heterocycles. The predicted molar refractivity (Wildman–Crippen MR) is 145 cm³/mol. The summed E-state index contributed by atoms with van der Waals surface area (Å²) in [6, 6.07) is 16.1. The molecule has 6 heteroatoms. The number of aliphatic hydroxyl groups excluding tert-OH is 1. The van der Waals surface area contributed by atoms with E-state index in [9.17, 15) is 14.7 Å². The van der Waals surface area contributed by atoms with Crippen LogP contribution < -0.4 is 5.32 Å². The Morgan fingerprint density at radius 3 is 2.14 bits per heavy atom. The molecule has 0 bridgehead atoms. The summed E-state index contributed by atoms with van der Waals surface area (Å²) in [6.45, 7) is 7.39. The molecule has 0 spiro atoms. The summed E-state index contributed by atoms with van der Waals surface area (Å²) in [5.41, 5.74) is 4.01. The van der Waals surface area contributed by atoms with Crippen molar-refractivity contribution in [3.63, 3.8) is 0 Å². The predicted octanol–water partition coefficient (Wildman–Crippen LogP) is 4.11. The number of fused-ring (bicyclic) bond motifs is 1. The number of rotatable bonds is 8. The van der Waals surface area contributed by atoms with Crippen molar-refractivity contribution >= 4 is 11.8 Å². The second-order valence-electron chi connectivity index (χ2n) is 11.5. The molecule has 0 aromatic heterocycles. The Balaban J connectivity index is 1.23. The first-order valence-electron chi connectivity index (χ1n) is 14.0. The summed E-state index contributed by atoms with van der Waals surface area (Å²) < 4.78 is 0. The van der Waals surface area contributed by atoms with E-state index in [1.807, 2.05) is 55.1 Å². The Morgan fingerprint density at radius 1 is 0.919 bits per heavy atom. The van der Waals surface area contributed by atoms with Crippen LogP contribution in [0.5, 0.6) is 0 Å². The van der Waals surface area contributed by atoms with E-state index < -0.39 is 0 Å². The first kappa shape index (κ1) is 25.9. The minimum Gasteiger partial charge on any atom is -0.395 e. The Bertz CT molecular complexity index is 1060. The fraction of sp³-hybridized carbons (Fsp3) is 0.548. The Morgan fingerprint density at radius 2 is 1.54 bits per heavy atom. The number of carbonyl (C=O) groups excluding carboxylic acids is 2. The molecule has 0 radical (unpaired) electrons. The molecule has 3 unspecified atom stereocenters. The van der Waals surface area contributed by atoms with Crippen LogP contribution in [0.3, 0.4) is 0 Å². The lowest BCUT2D eigenvalue weighted by Crippen LogP contribution is -2.43. The van der Waals surface area contributed by atoms with Crippen LogP contribution in [-0.2, 0) is 4.79 Å². The first-order valence-corrected chi connectivity index (χ1v) is 14.0. The van der Waals surface area contributed by atoms with Crippen LogP contribution in [0.4, 0.5) is 0 Å². The number of benzene rings is 2. The van der Waals surface area contributed by atoms with Gasteiger partial charge in [0.15, 0.2) is 0 Å². The summed E-state index contributed by atoms with van der Waals surface area (Å²) in [4.78, 5) is 30.8. The number of nitrogens with one attached hydrogen (secondary N) is 1. The lowest BCUT2D eigenvalue weighted by molar-refractivity contribution is -0.125. The van der Waals surface area contributed by atoms with Crippen LogP contribution in [0.1, 0.15) is 65.2 Å². The molecule has 2 saturated heterocycles. The molecule has 3 aliphatic rings. The molecule has 2 N–H and O–H groups in total. The second kappa shape index (κ2) is 11.4. The molecule has 2 aromatic rings. The fourth-order valence-corrected chi connectivity index (χ4v) is 6.86. The number of carbonyl (C=O) groups is 2. The second-order valence-corrected chi connectivity index (χ2v) is 11.5. The van der Waals surface area contributed by atoms with Gasteiger partial charge in [0.2, 0.25) is 5.91 Å². The Kier molecular flexibility index (Phi) is 7.96. The van der Waals surface area contributed by atoms with Gasteiger partial charge in [-0.15, -0.1) is 0 Å². The number of aliphatic hydroxyl groups is 1. The maximum Gasteiger partial charge on any atom is 0.254 e. The third kappa shape index (κ3) is 5.60. The smallest absolute Gasteiger partial charge is 0.254 e. The fourth-order valence-electron chi connectivity index (χ4n) is 6.86. The number of likely N-dealkylation sites (tertiary alicyclic amines) is 2. The van der Waals surface area contributed by atoms with Gasteiger partial charge in [-0.3, -0.25) is 14.5 Å². The van der Waals surface area contributed by atoms with Gasteiger partial charge in [-0.2, -0.15) is 0 Å². The van der Waals surface area contributed by atoms with Crippen molar-refractivity contribution in [1.29, 1.82) is 0 Å². The zero-order valence-electron chi connectivity index (χ0n) is 22.2. The van der Waals surface area contributed by atoms with Gasteiger partial charge in [0.05, 0.1) is 12.6 Å². The minimum absolute atomic E-state index is 0.0255. The molecule has 198 valence electrons. The molecule has 1 saturated carbocycles. The van der Waals surface area contributed by atoms with Gasteiger partial charge in [0, 0.05) is 43.7 Å². The average Bonchev–Trinajstić information content (AvgIpc) is 3.64. The van der Waals surface area contributed by atoms with Gasteiger partial charge < -0.3 is 15.3 Å². The van der Waals surface area contributed by atoms with Gasteiger partial charge in [-0.05, 0) is 61.6 Å². The topological polar surface area (TPSA) is 72.9 Å². The molecule has 2 aromatic carbocycles. The summed E-state index contributed by atoms with van der Waals surface area (Å²) >= 11 is 0. The summed E-state index contributed by atoms with van der Waals surface area (Å²) in [5, 5.41) is 13.8. The number of hydrogen-bond acceptors (Lipinski definition) is 4. The van der Waals surface area contributed by atoms with Crippen molar-refractivity contribution in [3.05, 3.63) is 70.8 Å². The van der Waals surface area contributed by atoms with Crippen LogP contribution in [0.15, 0.2) is 48.5 Å². The highest BCUT2D eigenvalue weighted by molar-refractivity contribution is 5.97. The monoisotopic (exact) mass is 503 g/mol. The van der Waals surface area contributed by atoms with Crippen LogP contribution >= 0.6 is 0 Å². The van der Waals surface area contributed by atoms with Gasteiger partial charge in [0.25, 0.3) is 5.91 Å². The quantitative estimate of drug-likeness (QED) is 0.569.